The van der Waals surface area contributed by atoms with Gasteiger partial charge in [-0.15, -0.1) is 0 Å². The van der Waals surface area contributed by atoms with Gasteiger partial charge in [-0.25, -0.2) is 0 Å². The number of aromatic nitrogens is 2. The van der Waals surface area contributed by atoms with Crippen molar-refractivity contribution in [2.75, 3.05) is 4.90 Å². The van der Waals surface area contributed by atoms with Crippen LogP contribution < -0.4 is 4.90 Å². The molecule has 1 aliphatic rings. The van der Waals surface area contributed by atoms with E-state index < -0.39 is 5.41 Å². The first-order chi connectivity index (χ1) is 69.4. The minimum Gasteiger partial charge on any atom is -0.311 e. The monoisotopic (exact) mass is 1770 g/mol. The van der Waals surface area contributed by atoms with E-state index in [1.165, 1.54) is 213 Å². The summed E-state index contributed by atoms with van der Waals surface area (Å²) in [6, 6.07) is 195. The first-order valence-corrected chi connectivity index (χ1v) is 48.6. The van der Waals surface area contributed by atoms with Gasteiger partial charge in [0.05, 0.1) is 27.5 Å². The standard InChI is InChI=1S/C137H85N3/c1-6-26-86(27-7-1)100-79-101(87-48-50-90(51-49-87)133-117-42-16-18-44-119(117)134(120-45-19-17-43-118(120)133)91-56-66-110(67-57-91)138(106-32-8-2-9-33-106)107-34-10-3-11-35-107)81-103(80-100)95-31-25-30-94(76-95)102-77-98-55-54-93-59-69-112(122-73-63-99(78-102)132(98)136(93)122)97-62-71-114-113-70-61-96(111-68-58-92-53-52-88-28-24-29-89-60-72-121(111)135(92)131(88)89)82-125(113)137(126(114)83-97,104-64-74-129-123(84-104)115-40-20-22-46-127(115)139(129)108-36-12-4-13-37-108)105-65-75-130-124(85-105)116-41-21-23-47-128(116)140(130)109-38-14-5-15-39-109/h1-85H. The molecule has 2 heterocycles. The maximum Gasteiger partial charge on any atom is 0.0714 e. The van der Waals surface area contributed by atoms with E-state index in [-0.39, 0.29) is 0 Å². The molecule has 0 spiro atoms. The molecule has 29 rings (SSSR count). The number of nitrogens with zero attached hydrogens (tertiary/aromatic N) is 3. The molecule has 0 aliphatic heterocycles. The Hall–Kier alpha value is -18.3. The van der Waals surface area contributed by atoms with Gasteiger partial charge in [-0.2, -0.15) is 0 Å². The van der Waals surface area contributed by atoms with Gasteiger partial charge in [0.2, 0.25) is 0 Å². The Balaban J connectivity index is 0.559. The molecule has 0 unspecified atom stereocenters. The molecule has 0 bridgehead atoms. The number of para-hydroxylation sites is 6. The summed E-state index contributed by atoms with van der Waals surface area (Å²) in [5.74, 6) is 0. The molecular weight excluding hydrogens is 1690 g/mol. The highest BCUT2D eigenvalue weighted by Gasteiger charge is 2.48. The summed E-state index contributed by atoms with van der Waals surface area (Å²) in [7, 11) is 0. The second kappa shape index (κ2) is 31.4. The Morgan fingerprint density at radius 1 is 0.157 bits per heavy atom. The highest BCUT2D eigenvalue weighted by atomic mass is 15.1. The van der Waals surface area contributed by atoms with Crippen molar-refractivity contribution in [2.24, 2.45) is 0 Å². The summed E-state index contributed by atoms with van der Waals surface area (Å²) in [5, 5.41) is 24.8. The van der Waals surface area contributed by atoms with Gasteiger partial charge < -0.3 is 14.0 Å². The van der Waals surface area contributed by atoms with Crippen molar-refractivity contribution in [3.8, 4) is 112 Å². The zero-order valence-electron chi connectivity index (χ0n) is 76.4. The van der Waals surface area contributed by atoms with Gasteiger partial charge in [0.15, 0.2) is 0 Å². The molecule has 0 saturated heterocycles. The third-order valence-corrected chi connectivity index (χ3v) is 30.6. The topological polar surface area (TPSA) is 13.1 Å². The van der Waals surface area contributed by atoms with Crippen molar-refractivity contribution in [2.45, 2.75) is 5.41 Å². The second-order valence-electron chi connectivity index (χ2n) is 38.0. The molecule has 140 heavy (non-hydrogen) atoms. The Morgan fingerprint density at radius 3 is 0.950 bits per heavy atom. The highest BCUT2D eigenvalue weighted by Crippen LogP contribution is 2.61. The molecule has 26 aromatic carbocycles. The normalized spacial score (nSPS) is 12.5. The van der Waals surface area contributed by atoms with E-state index >= 15 is 0 Å². The predicted octanol–water partition coefficient (Wildman–Crippen LogP) is 37.2. The van der Waals surface area contributed by atoms with Crippen LogP contribution in [0, 0.1) is 0 Å². The molecule has 2 aromatic heterocycles. The third-order valence-electron chi connectivity index (χ3n) is 30.6. The first-order valence-electron chi connectivity index (χ1n) is 48.6. The van der Waals surface area contributed by atoms with Crippen LogP contribution in [0.3, 0.4) is 0 Å². The molecule has 0 atom stereocenters. The van der Waals surface area contributed by atoms with Gasteiger partial charge in [-0.1, -0.05) is 370 Å². The van der Waals surface area contributed by atoms with Crippen molar-refractivity contribution in [1.29, 1.82) is 0 Å². The van der Waals surface area contributed by atoms with E-state index in [0.717, 1.165) is 67.3 Å². The number of hydrogen-bond acceptors (Lipinski definition) is 1. The van der Waals surface area contributed by atoms with Crippen molar-refractivity contribution < 1.29 is 0 Å². The lowest BCUT2D eigenvalue weighted by molar-refractivity contribution is 0.772. The predicted molar refractivity (Wildman–Crippen MR) is 593 cm³/mol. The van der Waals surface area contributed by atoms with Crippen LogP contribution in [0.15, 0.2) is 516 Å². The number of rotatable bonds is 15. The molecule has 1 aliphatic carbocycles. The average Bonchev–Trinajstić information content (AvgIpc) is 1.50. The summed E-state index contributed by atoms with van der Waals surface area (Å²) in [5.41, 5.74) is 35.6. The van der Waals surface area contributed by atoms with E-state index in [4.69, 9.17) is 0 Å². The van der Waals surface area contributed by atoms with Gasteiger partial charge in [0, 0.05) is 50.0 Å². The van der Waals surface area contributed by atoms with Crippen molar-refractivity contribution in [1.82, 2.24) is 9.13 Å². The SMILES string of the molecule is c1ccc(-c2cc(-c3ccc(-c4c5ccccc5c(-c5ccc(N(c6ccccc6)c6ccccc6)cc5)c5ccccc45)cc3)cc(-c3cccc(-c4cc5ccc6ccc(-c7ccc8c(c7)C(c7ccc9c(c7)c7ccccc7n9-c7ccccc7)(c7ccc9c(c7)c7ccccc7n9-c7ccccc7)c7cc(-c9ccc%10ccc%11cccc%12ccc9c%10c%11%12)ccc7-8)c7ccc(c4)c5c67)c3)c2)cc1. The minimum absolute atomic E-state index is 0.887. The lowest BCUT2D eigenvalue weighted by Gasteiger charge is -2.35. The van der Waals surface area contributed by atoms with Crippen LogP contribution >= 0.6 is 0 Å². The molecule has 0 fully saturated rings. The van der Waals surface area contributed by atoms with Gasteiger partial charge >= 0.3 is 0 Å². The quantitative estimate of drug-likeness (QED) is 0.0736. The summed E-state index contributed by atoms with van der Waals surface area (Å²) in [6.45, 7) is 0. The smallest absolute Gasteiger partial charge is 0.0714 e. The highest BCUT2D eigenvalue weighted by molar-refractivity contribution is 6.28. The van der Waals surface area contributed by atoms with Crippen LogP contribution in [0.25, 0.3) is 241 Å². The Kier molecular flexibility index (Phi) is 17.8. The Labute approximate surface area is 809 Å². The molecule has 0 radical (unpaired) electrons. The first kappa shape index (κ1) is 79.1. The molecule has 0 amide bonds. The second-order valence-corrected chi connectivity index (χ2v) is 38.0. The van der Waals surface area contributed by atoms with Gasteiger partial charge in [-0.05, 0) is 354 Å². The molecule has 0 N–H and O–H groups in total. The van der Waals surface area contributed by atoms with E-state index in [9.17, 15) is 0 Å². The lowest BCUT2D eigenvalue weighted by atomic mass is 9.66. The Bertz CT molecular complexity index is 9620. The van der Waals surface area contributed by atoms with Crippen molar-refractivity contribution in [3.63, 3.8) is 0 Å². The molecule has 3 nitrogen and oxygen atoms in total. The molecule has 28 aromatic rings. The van der Waals surface area contributed by atoms with Crippen LogP contribution in [-0.2, 0) is 5.41 Å². The number of fused-ring (bicyclic) bond motifs is 11. The van der Waals surface area contributed by atoms with E-state index in [2.05, 4.69) is 530 Å². The Morgan fingerprint density at radius 2 is 0.471 bits per heavy atom. The van der Waals surface area contributed by atoms with Crippen LogP contribution in [0.2, 0.25) is 0 Å². The van der Waals surface area contributed by atoms with Crippen molar-refractivity contribution in [3.05, 3.63) is 538 Å². The van der Waals surface area contributed by atoms with E-state index in [1.54, 1.807) is 0 Å². The summed E-state index contributed by atoms with van der Waals surface area (Å²) in [6.07, 6.45) is 0. The fourth-order valence-corrected chi connectivity index (χ4v) is 24.4. The molecule has 0 saturated carbocycles. The maximum atomic E-state index is 2.60. The number of anilines is 3. The number of benzene rings is 26. The fraction of sp³-hybridized carbons (Fsp3) is 0.00730. The van der Waals surface area contributed by atoms with Gasteiger partial charge in [0.1, 0.15) is 0 Å². The summed E-state index contributed by atoms with van der Waals surface area (Å²) < 4.78 is 4.91. The molecule has 3 heteroatoms. The zero-order valence-corrected chi connectivity index (χ0v) is 76.4. The largest absolute Gasteiger partial charge is 0.311 e. The molecular formula is C137H85N3. The van der Waals surface area contributed by atoms with Crippen LogP contribution in [0.1, 0.15) is 22.3 Å². The van der Waals surface area contributed by atoms with E-state index in [1.807, 2.05) is 0 Å². The van der Waals surface area contributed by atoms with Crippen LogP contribution in [0.5, 0.6) is 0 Å². The third kappa shape index (κ3) is 12.2. The van der Waals surface area contributed by atoms with Gasteiger partial charge in [0.25, 0.3) is 0 Å². The zero-order chi connectivity index (χ0) is 91.8. The molecule has 648 valence electrons. The van der Waals surface area contributed by atoms with Crippen LogP contribution in [0.4, 0.5) is 17.1 Å². The average molecular weight is 1770 g/mol. The van der Waals surface area contributed by atoms with E-state index in [0.29, 0.717) is 0 Å². The fourth-order valence-electron chi connectivity index (χ4n) is 24.4. The van der Waals surface area contributed by atoms with Crippen molar-refractivity contribution >= 4 is 147 Å². The van der Waals surface area contributed by atoms with Crippen LogP contribution in [-0.4, -0.2) is 9.13 Å². The maximum absolute atomic E-state index is 2.60. The summed E-state index contributed by atoms with van der Waals surface area (Å²) in [4.78, 5) is 2.33. The van der Waals surface area contributed by atoms with Gasteiger partial charge in [-0.3, -0.25) is 0 Å². The lowest BCUT2D eigenvalue weighted by Crippen LogP contribution is -2.28. The minimum atomic E-state index is -0.887. The number of hydrogen-bond donors (Lipinski definition) is 0. The summed E-state index contributed by atoms with van der Waals surface area (Å²) >= 11 is 0.